The van der Waals surface area contributed by atoms with E-state index in [9.17, 15) is 5.11 Å². The summed E-state index contributed by atoms with van der Waals surface area (Å²) in [6, 6.07) is 6.35. The van der Waals surface area contributed by atoms with Gasteiger partial charge in [-0.15, -0.1) is 0 Å². The molecule has 0 fully saturated rings. The Labute approximate surface area is 128 Å². The summed E-state index contributed by atoms with van der Waals surface area (Å²) < 4.78 is 0. The van der Waals surface area contributed by atoms with Gasteiger partial charge in [-0.25, -0.2) is 0 Å². The Morgan fingerprint density at radius 2 is 2.14 bits per heavy atom. The number of hydrogen-bond acceptors (Lipinski definition) is 4. The van der Waals surface area contributed by atoms with Crippen molar-refractivity contribution in [3.05, 3.63) is 29.3 Å². The fourth-order valence-corrected chi connectivity index (χ4v) is 3.05. The van der Waals surface area contributed by atoms with Crippen LogP contribution in [0.3, 0.4) is 0 Å². The highest BCUT2D eigenvalue weighted by Crippen LogP contribution is 2.29. The van der Waals surface area contributed by atoms with E-state index in [2.05, 4.69) is 35.9 Å². The summed E-state index contributed by atoms with van der Waals surface area (Å²) in [6.45, 7) is 5.77. The third-order valence-electron chi connectivity index (χ3n) is 4.42. The molecule has 1 aliphatic rings. The van der Waals surface area contributed by atoms with Crippen molar-refractivity contribution < 1.29 is 10.2 Å². The lowest BCUT2D eigenvalue weighted by molar-refractivity contribution is 0.133. The third-order valence-corrected chi connectivity index (χ3v) is 4.42. The second-order valence-electron chi connectivity index (χ2n) is 5.88. The summed E-state index contributed by atoms with van der Waals surface area (Å²) in [5, 5.41) is 19.4. The summed E-state index contributed by atoms with van der Waals surface area (Å²) >= 11 is 0. The third kappa shape index (κ3) is 4.19. The molecule has 0 radical (unpaired) electrons. The predicted molar refractivity (Wildman–Crippen MR) is 86.8 cm³/mol. The zero-order chi connectivity index (χ0) is 15.2. The molecule has 4 heteroatoms. The fraction of sp³-hybridized carbons (Fsp3) is 0.647. The van der Waals surface area contributed by atoms with Gasteiger partial charge in [0.2, 0.25) is 0 Å². The molecule has 2 N–H and O–H groups in total. The van der Waals surface area contributed by atoms with Crippen molar-refractivity contribution >= 4 is 5.69 Å². The molecule has 0 aromatic heterocycles. The smallest absolute Gasteiger partial charge is 0.0802 e. The van der Waals surface area contributed by atoms with Crippen molar-refractivity contribution in [3.8, 4) is 0 Å². The van der Waals surface area contributed by atoms with Crippen LogP contribution < -0.4 is 4.90 Å². The number of hydrogen-bond donors (Lipinski definition) is 2. The van der Waals surface area contributed by atoms with Gasteiger partial charge < -0.3 is 20.0 Å². The topological polar surface area (TPSA) is 46.9 Å². The van der Waals surface area contributed by atoms with E-state index in [0.717, 1.165) is 31.6 Å². The molecule has 1 unspecified atom stereocenters. The number of aryl methyl sites for hydroxylation is 1. The Balaban J connectivity index is 1.98. The van der Waals surface area contributed by atoms with Crippen molar-refractivity contribution in [2.75, 3.05) is 44.7 Å². The first kappa shape index (κ1) is 16.3. The molecule has 0 aliphatic carbocycles. The van der Waals surface area contributed by atoms with E-state index in [0.29, 0.717) is 13.0 Å². The molecule has 118 valence electrons. The van der Waals surface area contributed by atoms with Crippen molar-refractivity contribution in [1.29, 1.82) is 0 Å². The van der Waals surface area contributed by atoms with E-state index in [-0.39, 0.29) is 6.61 Å². The zero-order valence-electron chi connectivity index (χ0n) is 13.3. The van der Waals surface area contributed by atoms with Gasteiger partial charge in [0.25, 0.3) is 0 Å². The van der Waals surface area contributed by atoms with Crippen LogP contribution in [0.25, 0.3) is 0 Å². The lowest BCUT2D eigenvalue weighted by atomic mass is 9.96. The molecule has 1 heterocycles. The number of rotatable bonds is 7. The first-order valence-electron chi connectivity index (χ1n) is 8.01. The maximum Gasteiger partial charge on any atom is 0.0802 e. The number of aliphatic hydroxyl groups is 2. The standard InChI is InChI=1S/C17H28N2O2/c1-3-19(11-12-20)10-8-17(21)15-6-7-16-14(13-15)5-4-9-18(16)2/h6-7,13,17,20-21H,3-5,8-12H2,1-2H3. The largest absolute Gasteiger partial charge is 0.395 e. The van der Waals surface area contributed by atoms with Gasteiger partial charge in [-0.2, -0.15) is 0 Å². The molecule has 0 bridgehead atoms. The summed E-state index contributed by atoms with van der Waals surface area (Å²) in [6.07, 6.45) is 2.58. The van der Waals surface area contributed by atoms with Crippen LogP contribution in [0.2, 0.25) is 0 Å². The highest BCUT2D eigenvalue weighted by atomic mass is 16.3. The van der Waals surface area contributed by atoms with Crippen LogP contribution in [0.4, 0.5) is 5.69 Å². The summed E-state index contributed by atoms with van der Waals surface area (Å²) in [7, 11) is 2.13. The fourth-order valence-electron chi connectivity index (χ4n) is 3.05. The minimum atomic E-state index is -0.421. The lowest BCUT2D eigenvalue weighted by Gasteiger charge is -2.28. The van der Waals surface area contributed by atoms with E-state index >= 15 is 0 Å². The Bertz CT molecular complexity index is 450. The quantitative estimate of drug-likeness (QED) is 0.804. The Hall–Kier alpha value is -1.10. The molecule has 1 atom stereocenters. The van der Waals surface area contributed by atoms with Gasteiger partial charge in [0.15, 0.2) is 0 Å². The van der Waals surface area contributed by atoms with E-state index in [4.69, 9.17) is 5.11 Å². The number of benzene rings is 1. The molecule has 1 aliphatic heterocycles. The van der Waals surface area contributed by atoms with Crippen molar-refractivity contribution in [2.24, 2.45) is 0 Å². The maximum absolute atomic E-state index is 10.4. The van der Waals surface area contributed by atoms with Crippen molar-refractivity contribution in [1.82, 2.24) is 4.90 Å². The Morgan fingerprint density at radius 1 is 1.33 bits per heavy atom. The molecule has 0 saturated heterocycles. The first-order chi connectivity index (χ1) is 10.2. The summed E-state index contributed by atoms with van der Waals surface area (Å²) in [5.41, 5.74) is 3.67. The minimum absolute atomic E-state index is 0.176. The van der Waals surface area contributed by atoms with Crippen LogP contribution in [0.5, 0.6) is 0 Å². The van der Waals surface area contributed by atoms with Crippen LogP contribution in [-0.4, -0.2) is 54.9 Å². The Morgan fingerprint density at radius 3 is 2.86 bits per heavy atom. The minimum Gasteiger partial charge on any atom is -0.395 e. The van der Waals surface area contributed by atoms with E-state index in [1.165, 1.54) is 17.7 Å². The highest BCUT2D eigenvalue weighted by molar-refractivity contribution is 5.56. The van der Waals surface area contributed by atoms with Crippen LogP contribution in [0.15, 0.2) is 18.2 Å². The molecular weight excluding hydrogens is 264 g/mol. The second kappa shape index (κ2) is 7.78. The maximum atomic E-state index is 10.4. The van der Waals surface area contributed by atoms with E-state index in [1.807, 2.05) is 6.07 Å². The van der Waals surface area contributed by atoms with Gasteiger partial charge in [-0.1, -0.05) is 19.1 Å². The molecule has 0 saturated carbocycles. The lowest BCUT2D eigenvalue weighted by Crippen LogP contribution is -2.28. The van der Waals surface area contributed by atoms with Crippen molar-refractivity contribution in [2.45, 2.75) is 32.3 Å². The average molecular weight is 292 g/mol. The van der Waals surface area contributed by atoms with Gasteiger partial charge in [0.1, 0.15) is 0 Å². The summed E-state index contributed by atoms with van der Waals surface area (Å²) in [5.74, 6) is 0. The van der Waals surface area contributed by atoms with E-state index in [1.54, 1.807) is 0 Å². The van der Waals surface area contributed by atoms with E-state index < -0.39 is 6.10 Å². The molecule has 0 spiro atoms. The molecule has 1 aromatic rings. The van der Waals surface area contributed by atoms with Gasteiger partial charge in [0, 0.05) is 32.4 Å². The summed E-state index contributed by atoms with van der Waals surface area (Å²) in [4.78, 5) is 4.45. The average Bonchev–Trinajstić information content (AvgIpc) is 2.51. The van der Waals surface area contributed by atoms with Crippen LogP contribution in [0.1, 0.15) is 37.0 Å². The highest BCUT2D eigenvalue weighted by Gasteiger charge is 2.16. The van der Waals surface area contributed by atoms with Gasteiger partial charge in [-0.05, 0) is 43.0 Å². The zero-order valence-corrected chi connectivity index (χ0v) is 13.3. The van der Waals surface area contributed by atoms with Crippen molar-refractivity contribution in [3.63, 3.8) is 0 Å². The Kier molecular flexibility index (Phi) is 6.03. The van der Waals surface area contributed by atoms with Gasteiger partial charge in [0.05, 0.1) is 12.7 Å². The normalized spacial score (nSPS) is 16.1. The number of nitrogens with zero attached hydrogens (tertiary/aromatic N) is 2. The first-order valence-corrected chi connectivity index (χ1v) is 8.01. The van der Waals surface area contributed by atoms with Crippen LogP contribution in [0, 0.1) is 0 Å². The number of anilines is 1. The molecular formula is C17H28N2O2. The van der Waals surface area contributed by atoms with Gasteiger partial charge in [-0.3, -0.25) is 0 Å². The monoisotopic (exact) mass is 292 g/mol. The second-order valence-corrected chi connectivity index (χ2v) is 5.88. The molecule has 1 aromatic carbocycles. The molecule has 2 rings (SSSR count). The molecule has 0 amide bonds. The molecule has 21 heavy (non-hydrogen) atoms. The SMILES string of the molecule is CCN(CCO)CCC(O)c1ccc2c(c1)CCCN2C. The number of fused-ring (bicyclic) bond motifs is 1. The van der Waals surface area contributed by atoms with Crippen LogP contribution >= 0.6 is 0 Å². The molecule has 4 nitrogen and oxygen atoms in total. The van der Waals surface area contributed by atoms with Gasteiger partial charge >= 0.3 is 0 Å². The number of likely N-dealkylation sites (N-methyl/N-ethyl adjacent to an activating group) is 1. The predicted octanol–water partition coefficient (Wildman–Crippen LogP) is 1.81. The number of aliphatic hydroxyl groups excluding tert-OH is 2. The van der Waals surface area contributed by atoms with Crippen LogP contribution in [-0.2, 0) is 6.42 Å².